The molecule has 28 heavy (non-hydrogen) atoms. The van der Waals surface area contributed by atoms with Crippen molar-refractivity contribution >= 4 is 38.8 Å². The first kappa shape index (κ1) is 19.5. The third kappa shape index (κ3) is 4.17. The summed E-state index contributed by atoms with van der Waals surface area (Å²) in [6.45, 7) is 4.50. The van der Waals surface area contributed by atoms with Crippen LogP contribution in [0.25, 0.3) is 10.2 Å². The van der Waals surface area contributed by atoms with Crippen LogP contribution in [0.3, 0.4) is 0 Å². The third-order valence-electron chi connectivity index (χ3n) is 4.32. The first-order chi connectivity index (χ1) is 13.4. The fourth-order valence-electron chi connectivity index (χ4n) is 2.70. The predicted molar refractivity (Wildman–Crippen MR) is 108 cm³/mol. The average Bonchev–Trinajstić information content (AvgIpc) is 2.96. The predicted octanol–water partition coefficient (Wildman–Crippen LogP) is 2.21. The first-order valence-electron chi connectivity index (χ1n) is 8.57. The number of anilines is 1. The van der Waals surface area contributed by atoms with Crippen molar-refractivity contribution in [2.75, 3.05) is 18.4 Å². The normalized spacial score (nSPS) is 10.8. The summed E-state index contributed by atoms with van der Waals surface area (Å²) < 4.78 is 1.31. The monoisotopic (exact) mass is 401 g/mol. The van der Waals surface area contributed by atoms with Gasteiger partial charge in [-0.2, -0.15) is 0 Å². The van der Waals surface area contributed by atoms with E-state index in [1.54, 1.807) is 12.1 Å². The van der Waals surface area contributed by atoms with Gasteiger partial charge in [0, 0.05) is 35.8 Å². The Balaban J connectivity index is 1.53. The Morgan fingerprint density at radius 1 is 1.25 bits per heavy atom. The van der Waals surface area contributed by atoms with Gasteiger partial charge in [-0.25, -0.2) is 4.98 Å². The van der Waals surface area contributed by atoms with E-state index in [0.29, 0.717) is 29.0 Å². The number of rotatable bonds is 7. The maximum absolute atomic E-state index is 12.6. The van der Waals surface area contributed by atoms with E-state index in [2.05, 4.69) is 15.6 Å². The Labute approximate surface area is 164 Å². The van der Waals surface area contributed by atoms with Gasteiger partial charge >= 0.3 is 0 Å². The Morgan fingerprint density at radius 3 is 2.64 bits per heavy atom. The van der Waals surface area contributed by atoms with E-state index in [1.807, 2.05) is 13.8 Å². The van der Waals surface area contributed by atoms with E-state index in [-0.39, 0.29) is 23.7 Å². The number of carbonyl (C=O) groups excluding carboxylic acids is 1. The van der Waals surface area contributed by atoms with E-state index >= 15 is 0 Å². The maximum atomic E-state index is 12.6. The van der Waals surface area contributed by atoms with Crippen molar-refractivity contribution in [2.24, 2.45) is 0 Å². The number of nitrogens with one attached hydrogen (secondary N) is 2. The molecular weight excluding hydrogens is 382 g/mol. The smallest absolute Gasteiger partial charge is 0.269 e. The zero-order valence-corrected chi connectivity index (χ0v) is 16.2. The second-order valence-corrected chi connectivity index (χ2v) is 7.42. The molecule has 10 heteroatoms. The standard InChI is InChI=1S/C18H19N5O4S/c1-11-12(2)28-17-16(11)18(25)22(10-21-17)9-15(24)20-8-7-19-13-3-5-14(6-4-13)23(26)27/h3-6,10,19H,7-9H2,1-2H3,(H,20,24). The van der Waals surface area contributed by atoms with E-state index in [4.69, 9.17) is 0 Å². The lowest BCUT2D eigenvalue weighted by molar-refractivity contribution is -0.384. The Morgan fingerprint density at radius 2 is 1.96 bits per heavy atom. The van der Waals surface area contributed by atoms with Gasteiger partial charge in [0.15, 0.2) is 0 Å². The molecule has 3 aromatic rings. The SMILES string of the molecule is Cc1sc2ncn(CC(=O)NCCNc3ccc([N+](=O)[O-])cc3)c(=O)c2c1C. The number of carbonyl (C=O) groups is 1. The molecule has 0 bridgehead atoms. The highest BCUT2D eigenvalue weighted by atomic mass is 32.1. The lowest BCUT2D eigenvalue weighted by Gasteiger charge is -2.09. The van der Waals surface area contributed by atoms with Gasteiger partial charge in [-0.3, -0.25) is 24.3 Å². The van der Waals surface area contributed by atoms with Gasteiger partial charge in [-0.1, -0.05) is 0 Å². The number of fused-ring (bicyclic) bond motifs is 1. The molecule has 0 radical (unpaired) electrons. The Hall–Kier alpha value is -3.27. The van der Waals surface area contributed by atoms with Crippen LogP contribution in [0.5, 0.6) is 0 Å². The molecule has 3 rings (SSSR count). The highest BCUT2D eigenvalue weighted by Crippen LogP contribution is 2.25. The lowest BCUT2D eigenvalue weighted by atomic mass is 10.2. The first-order valence-corrected chi connectivity index (χ1v) is 9.38. The number of aromatic nitrogens is 2. The summed E-state index contributed by atoms with van der Waals surface area (Å²) in [4.78, 5) is 40.9. The van der Waals surface area contributed by atoms with Gasteiger partial charge in [0.05, 0.1) is 16.6 Å². The van der Waals surface area contributed by atoms with Crippen LogP contribution in [-0.4, -0.2) is 33.5 Å². The summed E-state index contributed by atoms with van der Waals surface area (Å²) in [6.07, 6.45) is 1.40. The van der Waals surface area contributed by atoms with E-state index in [0.717, 1.165) is 10.4 Å². The second-order valence-electron chi connectivity index (χ2n) is 6.22. The summed E-state index contributed by atoms with van der Waals surface area (Å²) in [6, 6.07) is 6.02. The van der Waals surface area contributed by atoms with Crippen LogP contribution < -0.4 is 16.2 Å². The van der Waals surface area contributed by atoms with Crippen LogP contribution in [0.2, 0.25) is 0 Å². The molecule has 0 spiro atoms. The van der Waals surface area contributed by atoms with Crippen LogP contribution in [-0.2, 0) is 11.3 Å². The van der Waals surface area contributed by atoms with Gasteiger partial charge < -0.3 is 10.6 Å². The molecule has 1 amide bonds. The number of amides is 1. The lowest BCUT2D eigenvalue weighted by Crippen LogP contribution is -2.34. The van der Waals surface area contributed by atoms with Crippen molar-refractivity contribution in [3.63, 3.8) is 0 Å². The Kier molecular flexibility index (Phi) is 5.69. The summed E-state index contributed by atoms with van der Waals surface area (Å²) in [5.41, 5.74) is 1.42. The molecule has 2 N–H and O–H groups in total. The van der Waals surface area contributed by atoms with Crippen LogP contribution in [0.4, 0.5) is 11.4 Å². The molecular formula is C18H19N5O4S. The fourth-order valence-corrected chi connectivity index (χ4v) is 3.69. The highest BCUT2D eigenvalue weighted by molar-refractivity contribution is 7.18. The number of aryl methyl sites for hydroxylation is 2. The minimum Gasteiger partial charge on any atom is -0.383 e. The molecule has 146 valence electrons. The zero-order valence-electron chi connectivity index (χ0n) is 15.4. The molecule has 0 saturated heterocycles. The average molecular weight is 401 g/mol. The second kappa shape index (κ2) is 8.17. The number of non-ortho nitro benzene ring substituents is 1. The number of nitro benzene ring substituents is 1. The van der Waals surface area contributed by atoms with Crippen LogP contribution in [0.15, 0.2) is 35.4 Å². The minimum absolute atomic E-state index is 0.0194. The van der Waals surface area contributed by atoms with E-state index in [1.165, 1.54) is 34.4 Å². The van der Waals surface area contributed by atoms with Gasteiger partial charge in [0.1, 0.15) is 11.4 Å². The summed E-state index contributed by atoms with van der Waals surface area (Å²) in [5, 5.41) is 17.0. The molecule has 0 fully saturated rings. The van der Waals surface area contributed by atoms with Crippen LogP contribution in [0.1, 0.15) is 10.4 Å². The van der Waals surface area contributed by atoms with E-state index in [9.17, 15) is 19.7 Å². The van der Waals surface area contributed by atoms with Crippen LogP contribution >= 0.6 is 11.3 Å². The van der Waals surface area contributed by atoms with Crippen molar-refractivity contribution in [2.45, 2.75) is 20.4 Å². The number of nitrogens with zero attached hydrogens (tertiary/aromatic N) is 3. The van der Waals surface area contributed by atoms with Crippen LogP contribution in [0, 0.1) is 24.0 Å². The fraction of sp³-hybridized carbons (Fsp3) is 0.278. The number of hydrogen-bond donors (Lipinski definition) is 2. The maximum Gasteiger partial charge on any atom is 0.269 e. The minimum atomic E-state index is -0.461. The van der Waals surface area contributed by atoms with Crippen molar-refractivity contribution in [1.29, 1.82) is 0 Å². The largest absolute Gasteiger partial charge is 0.383 e. The van der Waals surface area contributed by atoms with Crippen molar-refractivity contribution in [3.05, 3.63) is 61.5 Å². The molecule has 1 aromatic carbocycles. The molecule has 0 atom stereocenters. The van der Waals surface area contributed by atoms with Gasteiger partial charge in [-0.05, 0) is 31.5 Å². The zero-order chi connectivity index (χ0) is 20.3. The number of benzene rings is 1. The van der Waals surface area contributed by atoms with E-state index < -0.39 is 4.92 Å². The molecule has 2 aromatic heterocycles. The number of thiophene rings is 1. The van der Waals surface area contributed by atoms with Gasteiger partial charge in [0.2, 0.25) is 5.91 Å². The van der Waals surface area contributed by atoms with Gasteiger partial charge in [0.25, 0.3) is 11.2 Å². The molecule has 0 aliphatic rings. The molecule has 0 saturated carbocycles. The molecule has 0 unspecified atom stereocenters. The van der Waals surface area contributed by atoms with Gasteiger partial charge in [-0.15, -0.1) is 11.3 Å². The molecule has 9 nitrogen and oxygen atoms in total. The summed E-state index contributed by atoms with van der Waals surface area (Å²) in [7, 11) is 0. The van der Waals surface area contributed by atoms with Crippen molar-refractivity contribution in [1.82, 2.24) is 14.9 Å². The third-order valence-corrected chi connectivity index (χ3v) is 5.44. The molecule has 2 heterocycles. The molecule has 0 aliphatic carbocycles. The number of hydrogen-bond acceptors (Lipinski definition) is 7. The highest BCUT2D eigenvalue weighted by Gasteiger charge is 2.13. The molecule has 0 aliphatic heterocycles. The summed E-state index contributed by atoms with van der Waals surface area (Å²) >= 11 is 1.47. The Bertz CT molecular complexity index is 1090. The quantitative estimate of drug-likeness (QED) is 0.356. The van der Waals surface area contributed by atoms with Crippen molar-refractivity contribution < 1.29 is 9.72 Å². The van der Waals surface area contributed by atoms with Crippen molar-refractivity contribution in [3.8, 4) is 0 Å². The topological polar surface area (TPSA) is 119 Å². The number of nitro groups is 1. The summed E-state index contributed by atoms with van der Waals surface area (Å²) in [5.74, 6) is -0.293.